The first-order valence-corrected chi connectivity index (χ1v) is 18.0. The summed E-state index contributed by atoms with van der Waals surface area (Å²) < 4.78 is 14.0. The molecule has 0 fully saturated rings. The molecule has 6 aromatic heterocycles. The number of hydrogen-bond acceptors (Lipinski definition) is 5. The third kappa shape index (κ3) is 4.33. The number of fused-ring (bicyclic) bond motifs is 9. The van der Waals surface area contributed by atoms with Gasteiger partial charge in [0.25, 0.3) is 0 Å². The zero-order valence-electron chi connectivity index (χ0n) is 27.6. The lowest BCUT2D eigenvalue weighted by Crippen LogP contribution is -1.95. The number of pyridine rings is 3. The first-order valence-electron chi connectivity index (χ1n) is 17.2. The van der Waals surface area contributed by atoms with Crippen LogP contribution in [0.25, 0.3) is 86.7 Å². The van der Waals surface area contributed by atoms with E-state index in [1.807, 2.05) is 55.0 Å². The number of thiophene rings is 1. The minimum absolute atomic E-state index is 0.735. The number of rotatable bonds is 5. The summed E-state index contributed by atoms with van der Waals surface area (Å²) in [5.41, 5.74) is 11.3. The molecule has 7 heteroatoms. The zero-order valence-corrected chi connectivity index (χ0v) is 28.5. The number of ether oxygens (including phenoxy) is 1. The van der Waals surface area contributed by atoms with Gasteiger partial charge in [-0.25, -0.2) is 0 Å². The highest BCUT2D eigenvalue weighted by atomic mass is 32.1. The first-order chi connectivity index (χ1) is 25.8. The summed E-state index contributed by atoms with van der Waals surface area (Å²) in [5, 5.41) is 3.06. The highest BCUT2D eigenvalue weighted by Gasteiger charge is 2.21. The summed E-state index contributed by atoms with van der Waals surface area (Å²) in [6, 6.07) is 50.6. The molecule has 0 aliphatic rings. The van der Waals surface area contributed by atoms with Crippen molar-refractivity contribution in [3.63, 3.8) is 0 Å². The molecule has 0 aliphatic heterocycles. The smallest absolute Gasteiger partial charge is 0.139 e. The largest absolute Gasteiger partial charge is 0.456 e. The topological polar surface area (TPSA) is 57.8 Å². The van der Waals surface area contributed by atoms with E-state index in [1.165, 1.54) is 15.0 Å². The third-order valence-electron chi connectivity index (χ3n) is 9.92. The minimum Gasteiger partial charge on any atom is -0.456 e. The lowest BCUT2D eigenvalue weighted by Gasteiger charge is -2.12. The molecule has 0 N–H and O–H groups in total. The van der Waals surface area contributed by atoms with E-state index in [0.29, 0.717) is 0 Å². The monoisotopic (exact) mass is 685 g/mol. The third-order valence-corrected chi connectivity index (χ3v) is 11.0. The molecule has 52 heavy (non-hydrogen) atoms. The molecule has 11 aromatic rings. The van der Waals surface area contributed by atoms with E-state index in [1.54, 1.807) is 11.3 Å². The van der Waals surface area contributed by atoms with E-state index >= 15 is 0 Å². The van der Waals surface area contributed by atoms with Crippen molar-refractivity contribution in [3.8, 4) is 34.0 Å². The normalized spacial score (nSPS) is 11.8. The molecule has 0 saturated heterocycles. The molecule has 0 amide bonds. The summed E-state index contributed by atoms with van der Waals surface area (Å²) in [6.45, 7) is 0. The van der Waals surface area contributed by atoms with Crippen LogP contribution in [0.3, 0.4) is 0 Å². The van der Waals surface area contributed by atoms with Crippen LogP contribution in [0.4, 0.5) is 0 Å². The number of aromatic nitrogens is 5. The lowest BCUT2D eigenvalue weighted by molar-refractivity contribution is 0.494. The van der Waals surface area contributed by atoms with Gasteiger partial charge in [0.05, 0.1) is 43.1 Å². The fraction of sp³-hybridized carbons (Fsp3) is 0. The quantitative estimate of drug-likeness (QED) is 0.181. The highest BCUT2D eigenvalue weighted by Crippen LogP contribution is 2.43. The summed E-state index contributed by atoms with van der Waals surface area (Å²) in [4.78, 5) is 14.6. The average molecular weight is 686 g/mol. The Morgan fingerprint density at radius 1 is 0.423 bits per heavy atom. The molecule has 0 spiro atoms. The Labute approximate surface area is 301 Å². The predicted molar refractivity (Wildman–Crippen MR) is 213 cm³/mol. The van der Waals surface area contributed by atoms with Gasteiger partial charge in [-0.3, -0.25) is 15.0 Å². The molecule has 5 aromatic carbocycles. The number of hydrogen-bond donors (Lipinski definition) is 0. The highest BCUT2D eigenvalue weighted by molar-refractivity contribution is 7.25. The van der Waals surface area contributed by atoms with Crippen molar-refractivity contribution in [2.24, 2.45) is 0 Å². The SMILES string of the molecule is c1ccc(-c2cccc(-n3c4cccnc4c4c(Oc5cccc6c5c5ncccc5n6-c5ccc6sc7cccnc7c6c5)cccc43)c2)cc1. The molecule has 0 unspecified atom stereocenters. The summed E-state index contributed by atoms with van der Waals surface area (Å²) >= 11 is 1.77. The van der Waals surface area contributed by atoms with Crippen molar-refractivity contribution in [1.29, 1.82) is 0 Å². The van der Waals surface area contributed by atoms with Crippen LogP contribution in [0, 0.1) is 0 Å². The van der Waals surface area contributed by atoms with E-state index in [2.05, 4.69) is 118 Å². The molecule has 244 valence electrons. The van der Waals surface area contributed by atoms with Crippen molar-refractivity contribution < 1.29 is 4.74 Å². The van der Waals surface area contributed by atoms with Gasteiger partial charge in [0.15, 0.2) is 0 Å². The molecule has 0 saturated carbocycles. The van der Waals surface area contributed by atoms with Crippen LogP contribution in [-0.4, -0.2) is 24.1 Å². The van der Waals surface area contributed by atoms with Crippen molar-refractivity contribution in [2.45, 2.75) is 0 Å². The second-order valence-electron chi connectivity index (χ2n) is 12.9. The molecule has 0 bridgehead atoms. The maximum absolute atomic E-state index is 7.01. The van der Waals surface area contributed by atoms with Gasteiger partial charge in [0.2, 0.25) is 0 Å². The fourth-order valence-corrected chi connectivity index (χ4v) is 8.76. The number of nitrogens with zero attached hydrogens (tertiary/aromatic N) is 5. The van der Waals surface area contributed by atoms with Gasteiger partial charge in [0.1, 0.15) is 22.5 Å². The first kappa shape index (κ1) is 29.0. The molecule has 6 nitrogen and oxygen atoms in total. The Kier molecular flexibility index (Phi) is 6.32. The van der Waals surface area contributed by atoms with Gasteiger partial charge in [-0.1, -0.05) is 54.6 Å². The number of benzene rings is 5. The fourth-order valence-electron chi connectivity index (χ4n) is 7.71. The summed E-state index contributed by atoms with van der Waals surface area (Å²) in [6.07, 6.45) is 5.57. The van der Waals surface area contributed by atoms with E-state index in [0.717, 1.165) is 83.2 Å². The van der Waals surface area contributed by atoms with Crippen LogP contribution in [0.1, 0.15) is 0 Å². The second kappa shape index (κ2) is 11.3. The van der Waals surface area contributed by atoms with E-state index in [4.69, 9.17) is 19.7 Å². The van der Waals surface area contributed by atoms with E-state index < -0.39 is 0 Å². The molecular formula is C45H27N5OS. The summed E-state index contributed by atoms with van der Waals surface area (Å²) in [7, 11) is 0. The Balaban J connectivity index is 1.10. The van der Waals surface area contributed by atoms with Gasteiger partial charge in [-0.2, -0.15) is 0 Å². The van der Waals surface area contributed by atoms with Crippen molar-refractivity contribution in [2.75, 3.05) is 0 Å². The Morgan fingerprint density at radius 2 is 1.00 bits per heavy atom. The molecular weight excluding hydrogens is 659 g/mol. The van der Waals surface area contributed by atoms with E-state index in [-0.39, 0.29) is 0 Å². The van der Waals surface area contributed by atoms with Crippen LogP contribution in [0.15, 0.2) is 164 Å². The molecule has 11 rings (SSSR count). The van der Waals surface area contributed by atoms with Gasteiger partial charge in [0, 0.05) is 40.1 Å². The molecule has 0 aliphatic carbocycles. The van der Waals surface area contributed by atoms with Crippen molar-refractivity contribution in [1.82, 2.24) is 24.1 Å². The van der Waals surface area contributed by atoms with Crippen LogP contribution in [0.2, 0.25) is 0 Å². The van der Waals surface area contributed by atoms with Crippen LogP contribution >= 0.6 is 11.3 Å². The molecule has 0 atom stereocenters. The van der Waals surface area contributed by atoms with Gasteiger partial charge < -0.3 is 13.9 Å². The molecule has 0 radical (unpaired) electrons. The Hall–Kier alpha value is -6.83. The van der Waals surface area contributed by atoms with Gasteiger partial charge in [-0.15, -0.1) is 11.3 Å². The molecule has 6 heterocycles. The standard InChI is InChI=1S/C45H27N5OS/c1-2-10-28(11-3-1)29-12-4-13-30(26-29)49-33-14-5-18-37(41(33)44-35(49)16-7-23-47-44)51-38-19-6-15-34-42(38)45-36(17-8-24-48-45)50(34)31-21-22-39-32(27-31)43-40(52-39)20-9-25-46-43/h1-27H. The Bertz CT molecular complexity index is 3180. The van der Waals surface area contributed by atoms with Crippen LogP contribution < -0.4 is 4.74 Å². The van der Waals surface area contributed by atoms with Crippen LogP contribution in [0.5, 0.6) is 11.5 Å². The average Bonchev–Trinajstić information content (AvgIpc) is 3.86. The van der Waals surface area contributed by atoms with Gasteiger partial charge >= 0.3 is 0 Å². The Morgan fingerprint density at radius 3 is 1.69 bits per heavy atom. The van der Waals surface area contributed by atoms with E-state index in [9.17, 15) is 0 Å². The van der Waals surface area contributed by atoms with Crippen LogP contribution in [-0.2, 0) is 0 Å². The summed E-state index contributed by atoms with van der Waals surface area (Å²) in [5.74, 6) is 1.47. The van der Waals surface area contributed by atoms with Crippen molar-refractivity contribution >= 4 is 75.5 Å². The lowest BCUT2D eigenvalue weighted by atomic mass is 10.1. The maximum Gasteiger partial charge on any atom is 0.139 e. The maximum atomic E-state index is 7.01. The predicted octanol–water partition coefficient (Wildman–Crippen LogP) is 11.9. The second-order valence-corrected chi connectivity index (χ2v) is 13.9. The van der Waals surface area contributed by atoms with Gasteiger partial charge in [-0.05, 0) is 102 Å². The minimum atomic E-state index is 0.735. The van der Waals surface area contributed by atoms with Crippen molar-refractivity contribution in [3.05, 3.63) is 164 Å². The zero-order chi connectivity index (χ0) is 34.2.